The number of hydrogen-bond acceptors (Lipinski definition) is 6. The van der Waals surface area contributed by atoms with E-state index in [1.54, 1.807) is 18.2 Å². The fraction of sp³-hybridized carbons (Fsp3) is 0.400. The monoisotopic (exact) mass is 471 g/mol. The third-order valence-electron chi connectivity index (χ3n) is 6.17. The van der Waals surface area contributed by atoms with Crippen LogP contribution in [0, 0.1) is 5.82 Å². The van der Waals surface area contributed by atoms with Gasteiger partial charge in [-0.1, -0.05) is 24.2 Å². The lowest BCUT2D eigenvalue weighted by Crippen LogP contribution is -2.52. The van der Waals surface area contributed by atoms with Gasteiger partial charge in [-0.15, -0.1) is 0 Å². The summed E-state index contributed by atoms with van der Waals surface area (Å²) < 4.78 is 60.0. The van der Waals surface area contributed by atoms with E-state index in [4.69, 9.17) is 15.0 Å². The smallest absolute Gasteiger partial charge is 0.255 e. The Kier molecular flexibility index (Phi) is 5.06. The largest absolute Gasteiger partial charge is 0.488 e. The molecule has 9 heteroatoms. The lowest BCUT2D eigenvalue weighted by Gasteiger charge is -2.29. The summed E-state index contributed by atoms with van der Waals surface area (Å²) >= 11 is 0. The predicted molar refractivity (Wildman–Crippen MR) is 119 cm³/mol. The Bertz CT molecular complexity index is 1340. The summed E-state index contributed by atoms with van der Waals surface area (Å²) in [6.07, 6.45) is -0.372. The number of imide groups is 1. The van der Waals surface area contributed by atoms with Crippen molar-refractivity contribution < 1.29 is 33.7 Å². The molecule has 3 aliphatic heterocycles. The van der Waals surface area contributed by atoms with Crippen molar-refractivity contribution >= 4 is 17.7 Å². The minimum atomic E-state index is -2.10. The minimum Gasteiger partial charge on any atom is -0.488 e. The molecule has 34 heavy (non-hydrogen) atoms. The zero-order chi connectivity index (χ0) is 27.2. The Balaban J connectivity index is 1.42. The summed E-state index contributed by atoms with van der Waals surface area (Å²) in [5, 5.41) is 2.07. The number of hydrogen-bond donors (Lipinski definition) is 1. The summed E-state index contributed by atoms with van der Waals surface area (Å²) in [6.45, 7) is 2.31. The van der Waals surface area contributed by atoms with E-state index >= 15 is 4.39 Å². The highest BCUT2D eigenvalue weighted by atomic mass is 19.1. The van der Waals surface area contributed by atoms with Crippen LogP contribution in [-0.4, -0.2) is 59.8 Å². The van der Waals surface area contributed by atoms with E-state index in [1.807, 2.05) is 0 Å². The number of amides is 3. The first-order valence-electron chi connectivity index (χ1n) is 13.1. The maximum absolute atomic E-state index is 15.3. The number of fused-ring (bicyclic) bond motifs is 1. The highest BCUT2D eigenvalue weighted by molar-refractivity contribution is 6.05. The second kappa shape index (κ2) is 9.52. The van der Waals surface area contributed by atoms with Gasteiger partial charge in [0.25, 0.3) is 5.91 Å². The lowest BCUT2D eigenvalue weighted by molar-refractivity contribution is -0.136. The molecular weight excluding hydrogens is 441 g/mol. The van der Waals surface area contributed by atoms with Crippen LogP contribution >= 0.6 is 0 Å². The van der Waals surface area contributed by atoms with E-state index in [0.29, 0.717) is 38.4 Å². The van der Waals surface area contributed by atoms with Gasteiger partial charge in [0.15, 0.2) is 0 Å². The van der Waals surface area contributed by atoms with E-state index in [1.165, 1.54) is 0 Å². The minimum absolute atomic E-state index is 0.0854. The SMILES string of the molecule is [2H]c1c([2H])c(OCc2cccc(CN3CCOCC3)c2F)c2c(c1[2H])C(=O)N(C1([2H])CCC(=O)NC1=O)C2. The van der Waals surface area contributed by atoms with Gasteiger partial charge in [0, 0.05) is 48.3 Å². The first-order chi connectivity index (χ1) is 18.1. The molecule has 2 fully saturated rings. The molecule has 5 rings (SSSR count). The number of nitrogens with zero attached hydrogens (tertiary/aromatic N) is 2. The number of halogens is 1. The van der Waals surface area contributed by atoms with Crippen molar-refractivity contribution in [3.05, 3.63) is 64.4 Å². The standard InChI is InChI=1S/C25H26FN3O5/c26-23-16(13-28-9-11-33-12-10-28)3-1-4-17(23)15-34-21-6-2-5-18-19(21)14-29(25(18)32)20-7-8-22(30)27-24(20)31/h1-6,20H,7-15H2,(H,27,30,31)/i2D,5D,6D,20D. The van der Waals surface area contributed by atoms with Gasteiger partial charge in [0.1, 0.15) is 24.2 Å². The van der Waals surface area contributed by atoms with Gasteiger partial charge in [-0.2, -0.15) is 0 Å². The highest BCUT2D eigenvalue weighted by Gasteiger charge is 2.40. The van der Waals surface area contributed by atoms with Crippen LogP contribution in [0.3, 0.4) is 0 Å². The van der Waals surface area contributed by atoms with Crippen molar-refractivity contribution in [1.82, 2.24) is 15.1 Å². The fourth-order valence-electron chi connectivity index (χ4n) is 4.34. The zero-order valence-electron chi connectivity index (χ0n) is 22.4. The summed E-state index contributed by atoms with van der Waals surface area (Å²) in [4.78, 5) is 40.4. The van der Waals surface area contributed by atoms with Gasteiger partial charge in [-0.3, -0.25) is 24.6 Å². The molecule has 178 valence electrons. The molecule has 3 amide bonds. The number of carbonyl (C=O) groups excluding carboxylic acids is 3. The van der Waals surface area contributed by atoms with Crippen LogP contribution in [0.4, 0.5) is 4.39 Å². The Hall–Kier alpha value is -3.30. The van der Waals surface area contributed by atoms with E-state index < -0.39 is 47.7 Å². The fourth-order valence-corrected chi connectivity index (χ4v) is 4.34. The van der Waals surface area contributed by atoms with Crippen LogP contribution in [0.1, 0.15) is 45.4 Å². The number of ether oxygens (including phenoxy) is 2. The first kappa shape index (κ1) is 18.1. The maximum atomic E-state index is 15.3. The van der Waals surface area contributed by atoms with Gasteiger partial charge in [-0.25, -0.2) is 4.39 Å². The van der Waals surface area contributed by atoms with Crippen LogP contribution in [0.5, 0.6) is 5.75 Å². The highest BCUT2D eigenvalue weighted by Crippen LogP contribution is 2.34. The number of piperidine rings is 1. The van der Waals surface area contributed by atoms with E-state index in [9.17, 15) is 14.4 Å². The van der Waals surface area contributed by atoms with Crippen molar-refractivity contribution in [2.45, 2.75) is 38.6 Å². The summed E-state index contributed by atoms with van der Waals surface area (Å²) in [7, 11) is 0. The number of rotatable bonds is 6. The number of nitrogens with one attached hydrogen (secondary N) is 1. The van der Waals surface area contributed by atoms with Crippen molar-refractivity contribution in [1.29, 1.82) is 0 Å². The normalized spacial score (nSPS) is 24.7. The van der Waals surface area contributed by atoms with Crippen molar-refractivity contribution in [2.75, 3.05) is 26.3 Å². The molecule has 0 saturated carbocycles. The second-order valence-corrected chi connectivity index (χ2v) is 8.34. The Morgan fingerprint density at radius 3 is 2.79 bits per heavy atom. The Labute approximate surface area is 202 Å². The van der Waals surface area contributed by atoms with E-state index in [0.717, 1.165) is 4.90 Å². The predicted octanol–water partition coefficient (Wildman–Crippen LogP) is 2.00. The van der Waals surface area contributed by atoms with Crippen LogP contribution < -0.4 is 10.1 Å². The molecule has 1 atom stereocenters. The number of morpholine rings is 1. The van der Waals surface area contributed by atoms with Crippen molar-refractivity contribution in [3.8, 4) is 5.75 Å². The van der Waals surface area contributed by atoms with Crippen LogP contribution in [0.25, 0.3) is 0 Å². The van der Waals surface area contributed by atoms with Crippen molar-refractivity contribution in [2.24, 2.45) is 0 Å². The summed E-state index contributed by atoms with van der Waals surface area (Å²) in [5.41, 5.74) is 0.539. The molecular formula is C25H26FN3O5. The zero-order valence-corrected chi connectivity index (χ0v) is 18.4. The molecule has 0 aromatic heterocycles. The van der Waals surface area contributed by atoms with Crippen LogP contribution in [0.15, 0.2) is 36.3 Å². The topological polar surface area (TPSA) is 88.2 Å². The molecule has 3 heterocycles. The van der Waals surface area contributed by atoms with Crippen LogP contribution in [0.2, 0.25) is 0 Å². The molecule has 0 spiro atoms. The van der Waals surface area contributed by atoms with E-state index in [-0.39, 0.29) is 48.4 Å². The van der Waals surface area contributed by atoms with Gasteiger partial charge in [-0.05, 0) is 18.5 Å². The van der Waals surface area contributed by atoms with E-state index in [2.05, 4.69) is 10.2 Å². The third kappa shape index (κ3) is 4.41. The van der Waals surface area contributed by atoms with Crippen LogP contribution in [-0.2, 0) is 34.0 Å². The number of benzene rings is 2. The third-order valence-corrected chi connectivity index (χ3v) is 6.17. The van der Waals surface area contributed by atoms with Gasteiger partial charge >= 0.3 is 0 Å². The molecule has 0 aliphatic carbocycles. The van der Waals surface area contributed by atoms with Crippen molar-refractivity contribution in [3.63, 3.8) is 0 Å². The quantitative estimate of drug-likeness (QED) is 0.649. The maximum Gasteiger partial charge on any atom is 0.255 e. The molecule has 8 nitrogen and oxygen atoms in total. The number of carbonyl (C=O) groups is 3. The molecule has 2 aromatic carbocycles. The summed E-state index contributed by atoms with van der Waals surface area (Å²) in [5.74, 6) is -2.98. The lowest BCUT2D eigenvalue weighted by atomic mass is 10.0. The summed E-state index contributed by atoms with van der Waals surface area (Å²) in [6, 6.07) is 1.31. The molecule has 0 radical (unpaired) electrons. The molecule has 2 aromatic rings. The Morgan fingerprint density at radius 1 is 1.21 bits per heavy atom. The van der Waals surface area contributed by atoms with Gasteiger partial charge in [0.05, 0.1) is 25.2 Å². The average Bonchev–Trinajstić information content (AvgIpc) is 3.25. The molecule has 1 N–H and O–H groups in total. The van der Waals surface area contributed by atoms with Gasteiger partial charge < -0.3 is 14.4 Å². The molecule has 3 aliphatic rings. The second-order valence-electron chi connectivity index (χ2n) is 8.34. The molecule has 0 bridgehead atoms. The first-order valence-corrected chi connectivity index (χ1v) is 11.1. The molecule has 2 saturated heterocycles. The molecule has 1 unspecified atom stereocenters. The van der Waals surface area contributed by atoms with Gasteiger partial charge in [0.2, 0.25) is 11.8 Å². The Morgan fingerprint density at radius 2 is 2.00 bits per heavy atom. The average molecular weight is 472 g/mol.